The van der Waals surface area contributed by atoms with Crippen LogP contribution < -0.4 is 10.1 Å². The molecule has 0 saturated heterocycles. The van der Waals surface area contributed by atoms with Gasteiger partial charge in [-0.25, -0.2) is 0 Å². The Morgan fingerprint density at radius 2 is 1.62 bits per heavy atom. The summed E-state index contributed by atoms with van der Waals surface area (Å²) in [7, 11) is 0. The first-order valence-electron chi connectivity index (χ1n) is 9.43. The van der Waals surface area contributed by atoms with Crippen LogP contribution in [0.25, 0.3) is 0 Å². The highest BCUT2D eigenvalue weighted by Gasteiger charge is 2.30. The van der Waals surface area contributed by atoms with Crippen molar-refractivity contribution in [2.45, 2.75) is 47.0 Å². The number of esters is 1. The molecule has 3 heteroatoms. The van der Waals surface area contributed by atoms with Gasteiger partial charge in [-0.1, -0.05) is 48.5 Å². The molecule has 0 saturated carbocycles. The number of aryl methyl sites for hydroxylation is 3. The van der Waals surface area contributed by atoms with Gasteiger partial charge in [0.15, 0.2) is 0 Å². The predicted molar refractivity (Wildman–Crippen MR) is 108 cm³/mol. The normalized spacial score (nSPS) is 11.4. The molecular formula is C23H31NO2. The Hall–Kier alpha value is -2.13. The van der Waals surface area contributed by atoms with Crippen molar-refractivity contribution in [2.75, 3.05) is 13.1 Å². The number of rotatable bonds is 9. The maximum Gasteiger partial charge on any atom is 0.316 e. The summed E-state index contributed by atoms with van der Waals surface area (Å²) in [4.78, 5) is 12.6. The fourth-order valence-corrected chi connectivity index (χ4v) is 2.88. The molecule has 0 aliphatic heterocycles. The highest BCUT2D eigenvalue weighted by Crippen LogP contribution is 2.28. The summed E-state index contributed by atoms with van der Waals surface area (Å²) in [6, 6.07) is 16.4. The van der Waals surface area contributed by atoms with E-state index in [4.69, 9.17) is 4.74 Å². The van der Waals surface area contributed by atoms with E-state index in [9.17, 15) is 4.79 Å². The topological polar surface area (TPSA) is 38.3 Å². The van der Waals surface area contributed by atoms with E-state index in [0.717, 1.165) is 43.5 Å². The van der Waals surface area contributed by atoms with Crippen LogP contribution in [-0.2, 0) is 11.2 Å². The minimum absolute atomic E-state index is 0.166. The van der Waals surface area contributed by atoms with Crippen LogP contribution in [0.5, 0.6) is 5.75 Å². The van der Waals surface area contributed by atoms with Gasteiger partial charge < -0.3 is 10.1 Å². The molecule has 0 atom stereocenters. The molecule has 0 heterocycles. The fraction of sp³-hybridized carbons (Fsp3) is 0.435. The minimum Gasteiger partial charge on any atom is -0.426 e. The number of benzene rings is 2. The van der Waals surface area contributed by atoms with E-state index < -0.39 is 5.41 Å². The number of carbonyl (C=O) groups is 1. The zero-order valence-corrected chi connectivity index (χ0v) is 16.5. The van der Waals surface area contributed by atoms with Crippen LogP contribution in [0.1, 0.15) is 43.4 Å². The quantitative estimate of drug-likeness (QED) is 0.398. The van der Waals surface area contributed by atoms with Crippen LogP contribution in [0.4, 0.5) is 0 Å². The molecule has 2 rings (SSSR count). The molecule has 1 N–H and O–H groups in total. The van der Waals surface area contributed by atoms with Gasteiger partial charge >= 0.3 is 5.97 Å². The maximum atomic E-state index is 12.6. The van der Waals surface area contributed by atoms with Crippen molar-refractivity contribution in [3.63, 3.8) is 0 Å². The first-order chi connectivity index (χ1) is 12.4. The van der Waals surface area contributed by atoms with Gasteiger partial charge in [0.05, 0.1) is 5.41 Å². The third-order valence-corrected chi connectivity index (χ3v) is 4.74. The molecule has 0 bridgehead atoms. The van der Waals surface area contributed by atoms with Gasteiger partial charge in [0.25, 0.3) is 0 Å². The molecule has 0 fully saturated rings. The highest BCUT2D eigenvalue weighted by atomic mass is 16.5. The van der Waals surface area contributed by atoms with E-state index in [-0.39, 0.29) is 5.97 Å². The first-order valence-corrected chi connectivity index (χ1v) is 9.43. The molecule has 0 spiro atoms. The van der Waals surface area contributed by atoms with Crippen molar-refractivity contribution in [3.05, 3.63) is 65.2 Å². The standard InChI is InChI=1S/C23H31NO2/c1-18-10-8-11-19(2)21(18)26-22(25)23(3,4)15-17-24-16-9-14-20-12-6-5-7-13-20/h5-8,10-13,24H,9,14-17H2,1-4H3. The molecule has 26 heavy (non-hydrogen) atoms. The lowest BCUT2D eigenvalue weighted by atomic mass is 9.89. The maximum absolute atomic E-state index is 12.6. The number of para-hydroxylation sites is 1. The van der Waals surface area contributed by atoms with Crippen molar-refractivity contribution >= 4 is 5.97 Å². The second-order valence-electron chi connectivity index (χ2n) is 7.58. The van der Waals surface area contributed by atoms with Gasteiger partial charge in [-0.05, 0) is 76.7 Å². The molecule has 0 aliphatic carbocycles. The molecule has 3 nitrogen and oxygen atoms in total. The molecule has 0 aliphatic rings. The zero-order valence-electron chi connectivity index (χ0n) is 16.5. The van der Waals surface area contributed by atoms with Gasteiger partial charge in [0.1, 0.15) is 5.75 Å². The molecule has 0 amide bonds. The fourth-order valence-electron chi connectivity index (χ4n) is 2.88. The highest BCUT2D eigenvalue weighted by molar-refractivity contribution is 5.79. The van der Waals surface area contributed by atoms with Crippen molar-refractivity contribution in [3.8, 4) is 5.75 Å². The third kappa shape index (κ3) is 5.99. The van der Waals surface area contributed by atoms with E-state index >= 15 is 0 Å². The second kappa shape index (κ2) is 9.54. The molecule has 2 aromatic carbocycles. The monoisotopic (exact) mass is 353 g/mol. The summed E-state index contributed by atoms with van der Waals surface area (Å²) in [5, 5.41) is 3.45. The van der Waals surface area contributed by atoms with Gasteiger partial charge in [-0.15, -0.1) is 0 Å². The number of nitrogens with one attached hydrogen (secondary N) is 1. The third-order valence-electron chi connectivity index (χ3n) is 4.74. The second-order valence-corrected chi connectivity index (χ2v) is 7.58. The molecule has 0 unspecified atom stereocenters. The SMILES string of the molecule is Cc1cccc(C)c1OC(=O)C(C)(C)CCNCCCc1ccccc1. The number of hydrogen-bond acceptors (Lipinski definition) is 3. The lowest BCUT2D eigenvalue weighted by Crippen LogP contribution is -2.33. The summed E-state index contributed by atoms with van der Waals surface area (Å²) in [5.41, 5.74) is 2.84. The molecule has 2 aromatic rings. The minimum atomic E-state index is -0.513. The average molecular weight is 354 g/mol. The lowest BCUT2D eigenvalue weighted by Gasteiger charge is -2.23. The van der Waals surface area contributed by atoms with Crippen LogP contribution in [0.3, 0.4) is 0 Å². The summed E-state index contributed by atoms with van der Waals surface area (Å²) >= 11 is 0. The average Bonchev–Trinajstić information content (AvgIpc) is 2.62. The van der Waals surface area contributed by atoms with E-state index in [2.05, 4.69) is 29.6 Å². The number of hydrogen-bond donors (Lipinski definition) is 1. The Morgan fingerprint density at radius 3 is 2.27 bits per heavy atom. The summed E-state index contributed by atoms with van der Waals surface area (Å²) < 4.78 is 5.71. The van der Waals surface area contributed by atoms with Gasteiger partial charge in [0.2, 0.25) is 0 Å². The summed E-state index contributed by atoms with van der Waals surface area (Å²) in [6.07, 6.45) is 2.92. The number of ether oxygens (including phenoxy) is 1. The Kier molecular flexibility index (Phi) is 7.40. The van der Waals surface area contributed by atoms with Gasteiger partial charge in [-0.3, -0.25) is 4.79 Å². The van der Waals surface area contributed by atoms with E-state index in [0.29, 0.717) is 5.75 Å². The zero-order chi connectivity index (χ0) is 19.0. The number of carbonyl (C=O) groups excluding carboxylic acids is 1. The van der Waals surface area contributed by atoms with Crippen molar-refractivity contribution < 1.29 is 9.53 Å². The van der Waals surface area contributed by atoms with Crippen molar-refractivity contribution in [1.29, 1.82) is 0 Å². The molecule has 0 aromatic heterocycles. The molecular weight excluding hydrogens is 322 g/mol. The Bertz CT molecular complexity index is 687. The largest absolute Gasteiger partial charge is 0.426 e. The van der Waals surface area contributed by atoms with Crippen LogP contribution in [-0.4, -0.2) is 19.1 Å². The van der Waals surface area contributed by atoms with Gasteiger partial charge in [0, 0.05) is 0 Å². The van der Waals surface area contributed by atoms with Crippen LogP contribution in [0, 0.1) is 19.3 Å². The predicted octanol–water partition coefficient (Wildman–Crippen LogP) is 4.85. The Morgan fingerprint density at radius 1 is 0.962 bits per heavy atom. The van der Waals surface area contributed by atoms with E-state index in [1.807, 2.05) is 52.0 Å². The van der Waals surface area contributed by atoms with Crippen LogP contribution >= 0.6 is 0 Å². The molecule has 140 valence electrons. The van der Waals surface area contributed by atoms with Crippen LogP contribution in [0.15, 0.2) is 48.5 Å². The Labute approximate surface area is 157 Å². The smallest absolute Gasteiger partial charge is 0.316 e. The summed E-state index contributed by atoms with van der Waals surface area (Å²) in [6.45, 7) is 9.61. The van der Waals surface area contributed by atoms with Crippen LogP contribution in [0.2, 0.25) is 0 Å². The van der Waals surface area contributed by atoms with E-state index in [1.54, 1.807) is 0 Å². The van der Waals surface area contributed by atoms with Crippen molar-refractivity contribution in [1.82, 2.24) is 5.32 Å². The van der Waals surface area contributed by atoms with Crippen molar-refractivity contribution in [2.24, 2.45) is 5.41 Å². The van der Waals surface area contributed by atoms with Gasteiger partial charge in [-0.2, -0.15) is 0 Å². The summed E-state index contributed by atoms with van der Waals surface area (Å²) in [5.74, 6) is 0.530. The first kappa shape index (κ1) is 20.2. The Balaban J connectivity index is 1.73. The van der Waals surface area contributed by atoms with E-state index in [1.165, 1.54) is 5.56 Å². The lowest BCUT2D eigenvalue weighted by molar-refractivity contribution is -0.144. The molecule has 0 radical (unpaired) electrons.